The van der Waals surface area contributed by atoms with Gasteiger partial charge in [-0.05, 0) is 42.5 Å². The van der Waals surface area contributed by atoms with Crippen LogP contribution in [-0.2, 0) is 0 Å². The quantitative estimate of drug-likeness (QED) is 0.125. The van der Waals surface area contributed by atoms with Gasteiger partial charge in [0.1, 0.15) is 23.7 Å². The molecule has 0 atom stereocenters. The molecule has 1 heterocycles. The minimum atomic E-state index is -0.470. The van der Waals surface area contributed by atoms with Gasteiger partial charge in [0.2, 0.25) is 0 Å². The molecule has 0 aliphatic rings. The topological polar surface area (TPSA) is 116 Å². The molecule has 0 radical (unpaired) electrons. The SMILES string of the molecule is N=C(COc1ccccc1)N(C(=N)Sc1ccc([N+](=O)[O-])c2ncccc12)c1ccccc1. The number of thioether (sulfide) groups is 1. The molecule has 4 aromatic rings. The average Bonchev–Trinajstić information content (AvgIpc) is 2.84. The number of rotatable bonds is 6. The Bertz CT molecular complexity index is 1320. The van der Waals surface area contributed by atoms with E-state index in [0.29, 0.717) is 21.7 Å². The summed E-state index contributed by atoms with van der Waals surface area (Å²) >= 11 is 1.10. The standard InChI is InChI=1S/C24H19N5O3S/c25-22(16-32-18-10-5-2-6-11-18)28(17-8-3-1-4-9-17)24(26)33-21-14-13-20(29(30)31)23-19(21)12-7-15-27-23/h1-15,25-26H,16H2. The Balaban J connectivity index is 1.63. The van der Waals surface area contributed by atoms with Crippen LogP contribution in [0.25, 0.3) is 10.9 Å². The first-order valence-electron chi connectivity index (χ1n) is 9.93. The summed E-state index contributed by atoms with van der Waals surface area (Å²) in [6.07, 6.45) is 1.50. The number of aromatic nitrogens is 1. The van der Waals surface area contributed by atoms with Crippen molar-refractivity contribution in [1.82, 2.24) is 4.98 Å². The Labute approximate surface area is 194 Å². The summed E-state index contributed by atoms with van der Waals surface area (Å²) in [6, 6.07) is 24.7. The highest BCUT2D eigenvalue weighted by Crippen LogP contribution is 2.34. The molecule has 9 heteroatoms. The molecule has 0 saturated carbocycles. The third-order valence-electron chi connectivity index (χ3n) is 4.72. The van der Waals surface area contributed by atoms with E-state index in [0.717, 1.165) is 11.8 Å². The molecule has 164 valence electrons. The molecule has 0 saturated heterocycles. The number of nitrogens with zero attached hydrogens (tertiary/aromatic N) is 3. The van der Waals surface area contributed by atoms with E-state index in [4.69, 9.17) is 15.6 Å². The molecule has 0 aliphatic heterocycles. The molecule has 2 N–H and O–H groups in total. The van der Waals surface area contributed by atoms with Gasteiger partial charge >= 0.3 is 0 Å². The van der Waals surface area contributed by atoms with E-state index in [-0.39, 0.29) is 28.8 Å². The fourth-order valence-corrected chi connectivity index (χ4v) is 4.15. The number of hydrogen-bond acceptors (Lipinski definition) is 7. The minimum absolute atomic E-state index is 0.0373. The van der Waals surface area contributed by atoms with E-state index in [1.165, 1.54) is 17.2 Å². The maximum atomic E-state index is 11.4. The highest BCUT2D eigenvalue weighted by atomic mass is 32.2. The van der Waals surface area contributed by atoms with E-state index >= 15 is 0 Å². The van der Waals surface area contributed by atoms with Crippen molar-refractivity contribution in [2.75, 3.05) is 11.5 Å². The number of para-hydroxylation sites is 2. The summed E-state index contributed by atoms with van der Waals surface area (Å²) in [5.41, 5.74) is 0.806. The number of ether oxygens (including phenoxy) is 1. The zero-order chi connectivity index (χ0) is 23.2. The molecule has 3 aromatic carbocycles. The van der Waals surface area contributed by atoms with Gasteiger partial charge < -0.3 is 4.74 Å². The fourth-order valence-electron chi connectivity index (χ4n) is 3.22. The molecule has 0 unspecified atom stereocenters. The highest BCUT2D eigenvalue weighted by molar-refractivity contribution is 8.14. The molecular formula is C24H19N5O3S. The van der Waals surface area contributed by atoms with Crippen LogP contribution in [-0.4, -0.2) is 27.5 Å². The highest BCUT2D eigenvalue weighted by Gasteiger charge is 2.22. The van der Waals surface area contributed by atoms with Gasteiger partial charge in [0.05, 0.1) is 4.92 Å². The summed E-state index contributed by atoms with van der Waals surface area (Å²) < 4.78 is 5.73. The fraction of sp³-hybridized carbons (Fsp3) is 0.0417. The van der Waals surface area contributed by atoms with Crippen molar-refractivity contribution in [3.8, 4) is 5.75 Å². The van der Waals surface area contributed by atoms with Crippen molar-refractivity contribution < 1.29 is 9.66 Å². The summed E-state index contributed by atoms with van der Waals surface area (Å²) in [5.74, 6) is 0.703. The zero-order valence-electron chi connectivity index (χ0n) is 17.3. The largest absolute Gasteiger partial charge is 0.486 e. The van der Waals surface area contributed by atoms with E-state index in [1.54, 1.807) is 30.3 Å². The van der Waals surface area contributed by atoms with Gasteiger partial charge in [-0.3, -0.25) is 25.8 Å². The van der Waals surface area contributed by atoms with Gasteiger partial charge in [0, 0.05) is 28.2 Å². The van der Waals surface area contributed by atoms with Crippen LogP contribution in [0.4, 0.5) is 11.4 Å². The summed E-state index contributed by atoms with van der Waals surface area (Å²) in [7, 11) is 0. The van der Waals surface area contributed by atoms with Gasteiger partial charge in [0.15, 0.2) is 5.17 Å². The van der Waals surface area contributed by atoms with E-state index < -0.39 is 4.92 Å². The third kappa shape index (κ3) is 4.99. The normalized spacial score (nSPS) is 10.5. The number of hydrogen-bond donors (Lipinski definition) is 2. The number of benzene rings is 3. The molecule has 0 bridgehead atoms. The Hall–Kier alpha value is -4.24. The molecule has 0 fully saturated rings. The van der Waals surface area contributed by atoms with Crippen LogP contribution < -0.4 is 9.64 Å². The van der Waals surface area contributed by atoms with Crippen LogP contribution in [0.5, 0.6) is 5.75 Å². The lowest BCUT2D eigenvalue weighted by atomic mass is 10.2. The second-order valence-corrected chi connectivity index (χ2v) is 7.90. The zero-order valence-corrected chi connectivity index (χ0v) is 18.2. The molecule has 4 rings (SSSR count). The van der Waals surface area contributed by atoms with Gasteiger partial charge in [-0.15, -0.1) is 0 Å². The summed E-state index contributed by atoms with van der Waals surface area (Å²) in [5, 5.41) is 29.4. The summed E-state index contributed by atoms with van der Waals surface area (Å²) in [4.78, 5) is 17.2. The maximum absolute atomic E-state index is 11.4. The number of anilines is 1. The first-order chi connectivity index (χ1) is 16.0. The van der Waals surface area contributed by atoms with Gasteiger partial charge in [-0.2, -0.15) is 0 Å². The van der Waals surface area contributed by atoms with Crippen LogP contribution in [0.3, 0.4) is 0 Å². The molecule has 33 heavy (non-hydrogen) atoms. The predicted molar refractivity (Wildman–Crippen MR) is 131 cm³/mol. The lowest BCUT2D eigenvalue weighted by Crippen LogP contribution is -2.37. The van der Waals surface area contributed by atoms with Crippen molar-refractivity contribution in [2.45, 2.75) is 4.90 Å². The van der Waals surface area contributed by atoms with E-state index in [1.807, 2.05) is 48.5 Å². The maximum Gasteiger partial charge on any atom is 0.295 e. The lowest BCUT2D eigenvalue weighted by molar-refractivity contribution is -0.383. The second-order valence-electron chi connectivity index (χ2n) is 6.87. The van der Waals surface area contributed by atoms with Crippen LogP contribution >= 0.6 is 11.8 Å². The molecule has 8 nitrogen and oxygen atoms in total. The number of fused-ring (bicyclic) bond motifs is 1. The molecule has 0 aliphatic carbocycles. The number of amidine groups is 2. The van der Waals surface area contributed by atoms with Crippen LogP contribution in [0, 0.1) is 20.9 Å². The monoisotopic (exact) mass is 457 g/mol. The van der Waals surface area contributed by atoms with Crippen molar-refractivity contribution in [3.05, 3.63) is 101 Å². The molecular weight excluding hydrogens is 438 g/mol. The van der Waals surface area contributed by atoms with Crippen molar-refractivity contribution in [2.24, 2.45) is 0 Å². The average molecular weight is 458 g/mol. The minimum Gasteiger partial charge on any atom is -0.486 e. The molecule has 0 spiro atoms. The first kappa shape index (κ1) is 22.0. The number of pyridine rings is 1. The van der Waals surface area contributed by atoms with Crippen LogP contribution in [0.1, 0.15) is 0 Å². The molecule has 1 aromatic heterocycles. The van der Waals surface area contributed by atoms with Crippen molar-refractivity contribution >= 4 is 45.0 Å². The smallest absolute Gasteiger partial charge is 0.295 e. The van der Waals surface area contributed by atoms with E-state index in [2.05, 4.69) is 4.98 Å². The molecule has 0 amide bonds. The van der Waals surface area contributed by atoms with Gasteiger partial charge in [-0.1, -0.05) is 48.2 Å². The first-order valence-corrected chi connectivity index (χ1v) is 10.7. The van der Waals surface area contributed by atoms with Gasteiger partial charge in [-0.25, -0.2) is 4.98 Å². The Kier molecular flexibility index (Phi) is 6.61. The predicted octanol–water partition coefficient (Wildman–Crippen LogP) is 5.73. The second kappa shape index (κ2) is 9.92. The van der Waals surface area contributed by atoms with Crippen LogP contribution in [0.2, 0.25) is 0 Å². The number of nitro benzene ring substituents is 1. The Morgan fingerprint density at radius 1 is 0.970 bits per heavy atom. The number of nitrogens with one attached hydrogen (secondary N) is 2. The Morgan fingerprint density at radius 2 is 1.67 bits per heavy atom. The number of nitro groups is 1. The third-order valence-corrected chi connectivity index (χ3v) is 5.67. The lowest BCUT2D eigenvalue weighted by Gasteiger charge is -2.25. The van der Waals surface area contributed by atoms with Gasteiger partial charge in [0.25, 0.3) is 5.69 Å². The van der Waals surface area contributed by atoms with E-state index in [9.17, 15) is 10.1 Å². The van der Waals surface area contributed by atoms with Crippen molar-refractivity contribution in [1.29, 1.82) is 10.8 Å². The summed E-state index contributed by atoms with van der Waals surface area (Å²) in [6.45, 7) is -0.0373. The van der Waals surface area contributed by atoms with Crippen LogP contribution in [0.15, 0.2) is 96.0 Å². The van der Waals surface area contributed by atoms with Crippen molar-refractivity contribution in [3.63, 3.8) is 0 Å². The number of non-ortho nitro benzene ring substituents is 1. The Morgan fingerprint density at radius 3 is 2.36 bits per heavy atom.